The maximum atomic E-state index is 11.4. The number of carbonyl (C=O) groups is 1. The summed E-state index contributed by atoms with van der Waals surface area (Å²) in [5.74, 6) is -0.427. The molecule has 140 valence electrons. The van der Waals surface area contributed by atoms with Gasteiger partial charge in [-0.3, -0.25) is 14.9 Å². The van der Waals surface area contributed by atoms with E-state index in [2.05, 4.69) is 49.8 Å². The number of halogens is 1. The van der Waals surface area contributed by atoms with Gasteiger partial charge < -0.3 is 9.16 Å². The highest BCUT2D eigenvalue weighted by molar-refractivity contribution is 9.10. The average molecular weight is 432 g/mol. The number of nitro groups is 1. The van der Waals surface area contributed by atoms with E-state index in [1.165, 1.54) is 13.0 Å². The number of benzene rings is 1. The van der Waals surface area contributed by atoms with Gasteiger partial charge in [0, 0.05) is 29.4 Å². The Morgan fingerprint density at radius 3 is 2.44 bits per heavy atom. The molecule has 0 amide bonds. The fourth-order valence-electron chi connectivity index (χ4n) is 2.01. The van der Waals surface area contributed by atoms with E-state index < -0.39 is 25.3 Å². The Bertz CT molecular complexity index is 642. The van der Waals surface area contributed by atoms with Crippen LogP contribution >= 0.6 is 15.9 Å². The Kier molecular flexibility index (Phi) is 7.34. The minimum absolute atomic E-state index is 0.00106. The molecule has 0 fully saturated rings. The molecule has 0 bridgehead atoms. The SMILES string of the molecule is CC(=O)OC(CO[Si](C)(C)C(C)(C)C)Cc1ccc(Br)cc1[N+](=O)[O-]. The van der Waals surface area contributed by atoms with Crippen molar-refractivity contribution in [2.24, 2.45) is 0 Å². The molecule has 0 saturated carbocycles. The predicted octanol–water partition coefficient (Wildman–Crippen LogP) is 4.85. The molecule has 0 aliphatic rings. The number of hydrogen-bond donors (Lipinski definition) is 0. The van der Waals surface area contributed by atoms with Gasteiger partial charge in [-0.1, -0.05) is 42.8 Å². The molecule has 0 saturated heterocycles. The normalized spacial score (nSPS) is 13.4. The summed E-state index contributed by atoms with van der Waals surface area (Å²) in [5.41, 5.74) is 0.511. The topological polar surface area (TPSA) is 78.7 Å². The summed E-state index contributed by atoms with van der Waals surface area (Å²) in [6, 6.07) is 4.86. The van der Waals surface area contributed by atoms with Crippen LogP contribution in [-0.4, -0.2) is 31.9 Å². The molecule has 0 spiro atoms. The molecule has 1 aromatic rings. The summed E-state index contributed by atoms with van der Waals surface area (Å²) in [6.45, 7) is 12.2. The minimum Gasteiger partial charge on any atom is -0.460 e. The van der Waals surface area contributed by atoms with Crippen molar-refractivity contribution in [3.8, 4) is 0 Å². The first kappa shape index (κ1) is 21.8. The van der Waals surface area contributed by atoms with Gasteiger partial charge in [-0.05, 0) is 24.2 Å². The smallest absolute Gasteiger partial charge is 0.302 e. The lowest BCUT2D eigenvalue weighted by molar-refractivity contribution is -0.385. The Hall–Kier alpha value is -1.25. The number of nitrogens with zero attached hydrogens (tertiary/aromatic N) is 1. The molecular weight excluding hydrogens is 406 g/mol. The van der Waals surface area contributed by atoms with Crippen molar-refractivity contribution < 1.29 is 18.9 Å². The van der Waals surface area contributed by atoms with Crippen LogP contribution in [0.25, 0.3) is 0 Å². The third-order valence-corrected chi connectivity index (χ3v) is 9.45. The van der Waals surface area contributed by atoms with Crippen LogP contribution in [0.15, 0.2) is 22.7 Å². The lowest BCUT2D eigenvalue weighted by Gasteiger charge is -2.37. The van der Waals surface area contributed by atoms with E-state index in [0.29, 0.717) is 10.0 Å². The average Bonchev–Trinajstić information content (AvgIpc) is 2.44. The molecule has 0 aliphatic heterocycles. The highest BCUT2D eigenvalue weighted by Gasteiger charge is 2.38. The van der Waals surface area contributed by atoms with Gasteiger partial charge in [0.2, 0.25) is 0 Å². The molecule has 1 unspecified atom stereocenters. The molecule has 1 aromatic carbocycles. The number of rotatable bonds is 7. The van der Waals surface area contributed by atoms with Crippen LogP contribution < -0.4 is 0 Å². The maximum Gasteiger partial charge on any atom is 0.302 e. The van der Waals surface area contributed by atoms with Gasteiger partial charge in [-0.15, -0.1) is 0 Å². The van der Waals surface area contributed by atoms with Gasteiger partial charge in [0.05, 0.1) is 11.5 Å². The molecule has 1 rings (SSSR count). The van der Waals surface area contributed by atoms with Crippen molar-refractivity contribution in [3.63, 3.8) is 0 Å². The minimum atomic E-state index is -2.01. The van der Waals surface area contributed by atoms with Gasteiger partial charge in [-0.2, -0.15) is 0 Å². The maximum absolute atomic E-state index is 11.4. The first-order valence-corrected chi connectivity index (χ1v) is 11.8. The lowest BCUT2D eigenvalue weighted by Crippen LogP contribution is -2.43. The van der Waals surface area contributed by atoms with Crippen LogP contribution in [0.3, 0.4) is 0 Å². The number of carbonyl (C=O) groups excluding carboxylic acids is 1. The summed E-state index contributed by atoms with van der Waals surface area (Å²) in [5, 5.41) is 11.3. The number of ether oxygens (including phenoxy) is 1. The highest BCUT2D eigenvalue weighted by atomic mass is 79.9. The van der Waals surface area contributed by atoms with Crippen molar-refractivity contribution in [1.29, 1.82) is 0 Å². The van der Waals surface area contributed by atoms with Crippen LogP contribution in [0.5, 0.6) is 0 Å². The van der Waals surface area contributed by atoms with E-state index >= 15 is 0 Å². The molecular formula is C17H26BrNO5Si. The van der Waals surface area contributed by atoms with Crippen LogP contribution in [0.1, 0.15) is 33.3 Å². The summed E-state index contributed by atoms with van der Waals surface area (Å²) >= 11 is 3.24. The van der Waals surface area contributed by atoms with Crippen molar-refractivity contribution in [1.82, 2.24) is 0 Å². The lowest BCUT2D eigenvalue weighted by atomic mass is 10.1. The molecule has 8 heteroatoms. The summed E-state index contributed by atoms with van der Waals surface area (Å²) in [6.07, 6.45) is -0.330. The molecule has 25 heavy (non-hydrogen) atoms. The zero-order valence-corrected chi connectivity index (χ0v) is 18.2. The predicted molar refractivity (Wildman–Crippen MR) is 103 cm³/mol. The van der Waals surface area contributed by atoms with Gasteiger partial charge in [0.1, 0.15) is 6.10 Å². The Labute approximate surface area is 158 Å². The number of hydrogen-bond acceptors (Lipinski definition) is 5. The Balaban J connectivity index is 2.98. The molecule has 0 N–H and O–H groups in total. The van der Waals surface area contributed by atoms with Crippen molar-refractivity contribution in [3.05, 3.63) is 38.3 Å². The van der Waals surface area contributed by atoms with Crippen LogP contribution in [0.4, 0.5) is 5.69 Å². The van der Waals surface area contributed by atoms with Crippen molar-refractivity contribution in [2.45, 2.75) is 58.4 Å². The van der Waals surface area contributed by atoms with Gasteiger partial charge in [0.15, 0.2) is 8.32 Å². The van der Waals surface area contributed by atoms with E-state index in [1.54, 1.807) is 12.1 Å². The fraction of sp³-hybridized carbons (Fsp3) is 0.588. The quantitative estimate of drug-likeness (QED) is 0.266. The Morgan fingerprint density at radius 1 is 1.36 bits per heavy atom. The zero-order chi connectivity index (χ0) is 19.4. The third kappa shape index (κ3) is 6.52. The fourth-order valence-corrected chi connectivity index (χ4v) is 3.40. The first-order chi connectivity index (χ1) is 11.3. The van der Waals surface area contributed by atoms with Gasteiger partial charge in [0.25, 0.3) is 5.69 Å². The van der Waals surface area contributed by atoms with E-state index in [1.807, 2.05) is 0 Å². The second-order valence-corrected chi connectivity index (χ2v) is 13.3. The molecule has 0 heterocycles. The van der Waals surface area contributed by atoms with Crippen LogP contribution in [0.2, 0.25) is 18.1 Å². The summed E-state index contributed by atoms with van der Waals surface area (Å²) in [7, 11) is -2.01. The summed E-state index contributed by atoms with van der Waals surface area (Å²) in [4.78, 5) is 22.3. The molecule has 0 radical (unpaired) electrons. The zero-order valence-electron chi connectivity index (χ0n) is 15.6. The van der Waals surface area contributed by atoms with Gasteiger partial charge in [-0.25, -0.2) is 0 Å². The molecule has 6 nitrogen and oxygen atoms in total. The summed E-state index contributed by atoms with van der Waals surface area (Å²) < 4.78 is 12.1. The van der Waals surface area contributed by atoms with E-state index in [4.69, 9.17) is 9.16 Å². The van der Waals surface area contributed by atoms with Crippen molar-refractivity contribution >= 4 is 35.9 Å². The van der Waals surface area contributed by atoms with Crippen LogP contribution in [-0.2, 0) is 20.4 Å². The molecule has 0 aliphatic carbocycles. The number of esters is 1. The second-order valence-electron chi connectivity index (χ2n) is 7.54. The monoisotopic (exact) mass is 431 g/mol. The molecule has 1 atom stereocenters. The standard InChI is InChI=1S/C17H26BrNO5Si/c1-12(20)24-15(11-23-25(5,6)17(2,3)4)9-13-7-8-14(18)10-16(13)19(21)22/h7-8,10,15H,9,11H2,1-6H3. The van der Waals surface area contributed by atoms with E-state index in [-0.39, 0.29) is 23.8 Å². The number of nitro benzene ring substituents is 1. The first-order valence-electron chi connectivity index (χ1n) is 8.07. The largest absolute Gasteiger partial charge is 0.460 e. The van der Waals surface area contributed by atoms with Gasteiger partial charge >= 0.3 is 5.97 Å². The van der Waals surface area contributed by atoms with E-state index in [0.717, 1.165) is 0 Å². The van der Waals surface area contributed by atoms with Crippen LogP contribution in [0, 0.1) is 10.1 Å². The van der Waals surface area contributed by atoms with Crippen molar-refractivity contribution in [2.75, 3.05) is 6.61 Å². The van der Waals surface area contributed by atoms with E-state index in [9.17, 15) is 14.9 Å². The third-order valence-electron chi connectivity index (χ3n) is 4.46. The highest BCUT2D eigenvalue weighted by Crippen LogP contribution is 2.36. The second kappa shape index (κ2) is 8.42. The molecule has 0 aromatic heterocycles. The Morgan fingerprint density at radius 2 is 1.96 bits per heavy atom.